The summed E-state index contributed by atoms with van der Waals surface area (Å²) < 4.78 is 14.1. The van der Waals surface area contributed by atoms with Gasteiger partial charge in [-0.05, 0) is 103 Å². The molecular formula is C28H34FN. The number of nitrogens with zero attached hydrogens (tertiary/aromatic N) is 1. The molecular weight excluding hydrogens is 369 g/mol. The Labute approximate surface area is 181 Å². The van der Waals surface area contributed by atoms with Crippen LogP contribution in [0.25, 0.3) is 6.08 Å². The van der Waals surface area contributed by atoms with E-state index in [1.165, 1.54) is 41.6 Å². The largest absolute Gasteiger partial charge is 0.365 e. The molecule has 1 aliphatic heterocycles. The Morgan fingerprint density at radius 2 is 1.97 bits per heavy atom. The molecule has 2 bridgehead atoms. The van der Waals surface area contributed by atoms with Gasteiger partial charge in [0.05, 0.1) is 5.54 Å². The van der Waals surface area contributed by atoms with Crippen molar-refractivity contribution >= 4 is 11.8 Å². The SMILES string of the molecule is C=Cc1cc2c(cc1CCC)C1C3CCC(C3)C1C(C)(c1ccc(F)c(C)c1)N2C. The van der Waals surface area contributed by atoms with Gasteiger partial charge in [-0.1, -0.05) is 44.2 Å². The van der Waals surface area contributed by atoms with Gasteiger partial charge in [0.2, 0.25) is 0 Å². The van der Waals surface area contributed by atoms with E-state index in [1.807, 2.05) is 19.1 Å². The monoisotopic (exact) mass is 403 g/mol. The zero-order valence-electron chi connectivity index (χ0n) is 18.8. The lowest BCUT2D eigenvalue weighted by molar-refractivity contribution is 0.157. The maximum atomic E-state index is 14.1. The first-order valence-corrected chi connectivity index (χ1v) is 11.7. The summed E-state index contributed by atoms with van der Waals surface area (Å²) in [7, 11) is 2.26. The topological polar surface area (TPSA) is 3.24 Å². The summed E-state index contributed by atoms with van der Waals surface area (Å²) in [4.78, 5) is 2.51. The van der Waals surface area contributed by atoms with Crippen molar-refractivity contribution in [2.24, 2.45) is 17.8 Å². The minimum atomic E-state index is -0.124. The van der Waals surface area contributed by atoms with Gasteiger partial charge in [-0.25, -0.2) is 4.39 Å². The molecule has 2 aliphatic carbocycles. The molecule has 2 aromatic rings. The normalized spacial score (nSPS) is 31.6. The molecule has 2 saturated carbocycles. The average molecular weight is 404 g/mol. The number of aryl methyl sites for hydroxylation is 2. The second-order valence-electron chi connectivity index (χ2n) is 10.1. The molecule has 5 rings (SSSR count). The van der Waals surface area contributed by atoms with Crippen LogP contribution in [-0.4, -0.2) is 7.05 Å². The van der Waals surface area contributed by atoms with E-state index in [0.29, 0.717) is 11.8 Å². The van der Waals surface area contributed by atoms with E-state index in [2.05, 4.69) is 50.6 Å². The number of fused-ring (bicyclic) bond motifs is 7. The molecule has 0 amide bonds. The standard InChI is InChI=1S/C28H34FN/c1-6-8-19-15-23-25(16-18(19)7-2)30(5)28(4,22-11-12-24(29)17(3)13-22)27-21-10-9-20(14-21)26(23)27/h7,11-13,15-16,20-21,26-27H,2,6,8-10,14H2,1,3-5H3. The number of rotatable bonds is 4. The van der Waals surface area contributed by atoms with E-state index in [1.54, 1.807) is 11.6 Å². The van der Waals surface area contributed by atoms with Crippen molar-refractivity contribution in [3.05, 3.63) is 70.5 Å². The second kappa shape index (κ2) is 6.97. The van der Waals surface area contributed by atoms with Crippen molar-refractivity contribution in [1.29, 1.82) is 0 Å². The molecule has 158 valence electrons. The van der Waals surface area contributed by atoms with Crippen molar-refractivity contribution < 1.29 is 4.39 Å². The molecule has 5 unspecified atom stereocenters. The smallest absolute Gasteiger partial charge is 0.126 e. The van der Waals surface area contributed by atoms with Crippen molar-refractivity contribution in [3.8, 4) is 0 Å². The summed E-state index contributed by atoms with van der Waals surface area (Å²) in [6, 6.07) is 10.7. The molecule has 0 radical (unpaired) electrons. The van der Waals surface area contributed by atoms with Gasteiger partial charge in [0.25, 0.3) is 0 Å². The van der Waals surface area contributed by atoms with E-state index in [0.717, 1.165) is 30.2 Å². The number of hydrogen-bond donors (Lipinski definition) is 0. The number of benzene rings is 2. The molecule has 2 fully saturated rings. The summed E-state index contributed by atoms with van der Waals surface area (Å²) in [5, 5.41) is 0. The molecule has 0 N–H and O–H groups in total. The summed E-state index contributed by atoms with van der Waals surface area (Å²) in [5.74, 6) is 2.64. The first-order chi connectivity index (χ1) is 14.4. The number of halogens is 1. The Morgan fingerprint density at radius 3 is 2.67 bits per heavy atom. The third-order valence-corrected chi connectivity index (χ3v) is 8.75. The van der Waals surface area contributed by atoms with Crippen LogP contribution in [0.4, 0.5) is 10.1 Å². The number of anilines is 1. The van der Waals surface area contributed by atoms with Crippen LogP contribution in [0, 0.1) is 30.5 Å². The van der Waals surface area contributed by atoms with Gasteiger partial charge in [0, 0.05) is 12.7 Å². The zero-order chi connectivity index (χ0) is 21.2. The Balaban J connectivity index is 1.74. The first-order valence-electron chi connectivity index (χ1n) is 11.7. The maximum Gasteiger partial charge on any atom is 0.126 e. The highest BCUT2D eigenvalue weighted by Crippen LogP contribution is 2.67. The molecule has 5 atom stereocenters. The Kier molecular flexibility index (Phi) is 4.61. The molecule has 1 nitrogen and oxygen atoms in total. The van der Waals surface area contributed by atoms with Crippen LogP contribution in [0.1, 0.15) is 73.3 Å². The van der Waals surface area contributed by atoms with Gasteiger partial charge in [-0.3, -0.25) is 0 Å². The van der Waals surface area contributed by atoms with Gasteiger partial charge in [0.15, 0.2) is 0 Å². The summed E-state index contributed by atoms with van der Waals surface area (Å²) in [6.45, 7) is 10.7. The van der Waals surface area contributed by atoms with Gasteiger partial charge >= 0.3 is 0 Å². The van der Waals surface area contributed by atoms with Crippen LogP contribution in [0.3, 0.4) is 0 Å². The lowest BCUT2D eigenvalue weighted by atomic mass is 9.60. The highest BCUT2D eigenvalue weighted by Gasteiger charge is 2.60. The van der Waals surface area contributed by atoms with Crippen molar-refractivity contribution in [3.63, 3.8) is 0 Å². The predicted octanol–water partition coefficient (Wildman–Crippen LogP) is 7.22. The molecule has 2 heteroatoms. The fourth-order valence-corrected chi connectivity index (χ4v) is 7.27. The van der Waals surface area contributed by atoms with Gasteiger partial charge in [0.1, 0.15) is 5.82 Å². The van der Waals surface area contributed by atoms with E-state index >= 15 is 0 Å². The first kappa shape index (κ1) is 19.8. The summed E-state index contributed by atoms with van der Waals surface area (Å²) in [5.41, 5.74) is 7.50. The summed E-state index contributed by atoms with van der Waals surface area (Å²) in [6.07, 6.45) is 8.34. The highest BCUT2D eigenvalue weighted by atomic mass is 19.1. The quantitative estimate of drug-likeness (QED) is 0.521. The third kappa shape index (κ3) is 2.58. The minimum Gasteiger partial charge on any atom is -0.365 e. The fourth-order valence-electron chi connectivity index (χ4n) is 7.27. The van der Waals surface area contributed by atoms with Gasteiger partial charge in [-0.15, -0.1) is 0 Å². The molecule has 3 aliphatic rings. The molecule has 0 aromatic heterocycles. The van der Waals surface area contributed by atoms with Crippen LogP contribution in [-0.2, 0) is 12.0 Å². The predicted molar refractivity (Wildman–Crippen MR) is 124 cm³/mol. The average Bonchev–Trinajstić information content (AvgIpc) is 3.36. The maximum absolute atomic E-state index is 14.1. The highest BCUT2D eigenvalue weighted by molar-refractivity contribution is 5.69. The van der Waals surface area contributed by atoms with Gasteiger partial charge < -0.3 is 4.90 Å². The minimum absolute atomic E-state index is 0.108. The van der Waals surface area contributed by atoms with E-state index in [-0.39, 0.29) is 11.4 Å². The van der Waals surface area contributed by atoms with Crippen LogP contribution >= 0.6 is 0 Å². The Hall–Kier alpha value is -2.09. The zero-order valence-corrected chi connectivity index (χ0v) is 18.8. The van der Waals surface area contributed by atoms with E-state index < -0.39 is 0 Å². The van der Waals surface area contributed by atoms with Gasteiger partial charge in [-0.2, -0.15) is 0 Å². The van der Waals surface area contributed by atoms with Crippen LogP contribution in [0.2, 0.25) is 0 Å². The van der Waals surface area contributed by atoms with Crippen LogP contribution in [0.5, 0.6) is 0 Å². The third-order valence-electron chi connectivity index (χ3n) is 8.75. The molecule has 0 saturated heterocycles. The summed E-state index contributed by atoms with van der Waals surface area (Å²) >= 11 is 0. The fraction of sp³-hybridized carbons (Fsp3) is 0.500. The Bertz CT molecular complexity index is 1010. The van der Waals surface area contributed by atoms with Crippen LogP contribution < -0.4 is 4.90 Å². The van der Waals surface area contributed by atoms with E-state index in [4.69, 9.17) is 0 Å². The second-order valence-corrected chi connectivity index (χ2v) is 10.1. The van der Waals surface area contributed by atoms with E-state index in [9.17, 15) is 4.39 Å². The number of hydrogen-bond acceptors (Lipinski definition) is 1. The molecule has 0 spiro atoms. The molecule has 2 aromatic carbocycles. The Morgan fingerprint density at radius 1 is 1.20 bits per heavy atom. The van der Waals surface area contributed by atoms with Crippen molar-refractivity contribution in [2.45, 2.75) is 64.3 Å². The molecule has 30 heavy (non-hydrogen) atoms. The van der Waals surface area contributed by atoms with Crippen LogP contribution in [0.15, 0.2) is 36.9 Å². The molecule has 1 heterocycles. The van der Waals surface area contributed by atoms with Crippen molar-refractivity contribution in [1.82, 2.24) is 0 Å². The lowest BCUT2D eigenvalue weighted by Crippen LogP contribution is -2.54. The van der Waals surface area contributed by atoms with Crippen molar-refractivity contribution in [2.75, 3.05) is 11.9 Å². The lowest BCUT2D eigenvalue weighted by Gasteiger charge is -2.56.